The van der Waals surface area contributed by atoms with Gasteiger partial charge in [0.25, 0.3) is 0 Å². The molecule has 9 nitrogen and oxygen atoms in total. The zero-order valence-electron chi connectivity index (χ0n) is 14.3. The van der Waals surface area contributed by atoms with Gasteiger partial charge >= 0.3 is 0 Å². The molecular formula is C16H15N5O4S2. The van der Waals surface area contributed by atoms with Gasteiger partial charge in [-0.3, -0.25) is 4.79 Å². The van der Waals surface area contributed by atoms with E-state index in [4.69, 9.17) is 13.9 Å². The maximum Gasteiger partial charge on any atom is 0.247 e. The van der Waals surface area contributed by atoms with Crippen molar-refractivity contribution >= 4 is 34.1 Å². The number of rotatable bonds is 7. The first-order valence-corrected chi connectivity index (χ1v) is 10.00. The summed E-state index contributed by atoms with van der Waals surface area (Å²) in [5, 5.41) is 19.4. The van der Waals surface area contributed by atoms with Crippen molar-refractivity contribution < 1.29 is 18.7 Å². The predicted molar refractivity (Wildman–Crippen MR) is 98.9 cm³/mol. The monoisotopic (exact) mass is 405 g/mol. The van der Waals surface area contributed by atoms with Crippen molar-refractivity contribution in [1.29, 1.82) is 0 Å². The van der Waals surface area contributed by atoms with Crippen LogP contribution in [0.15, 0.2) is 27.0 Å². The Bertz CT molecular complexity index is 958. The molecule has 0 bridgehead atoms. The van der Waals surface area contributed by atoms with E-state index in [1.54, 1.807) is 0 Å². The molecule has 1 aliphatic heterocycles. The van der Waals surface area contributed by atoms with Crippen molar-refractivity contribution in [3.05, 3.63) is 24.1 Å². The minimum Gasteiger partial charge on any atom is -0.454 e. The van der Waals surface area contributed by atoms with E-state index >= 15 is 0 Å². The number of carbonyl (C=O) groups is 1. The molecule has 4 rings (SSSR count). The number of hydrogen-bond acceptors (Lipinski definition) is 10. The molecule has 0 spiro atoms. The maximum absolute atomic E-state index is 11.6. The minimum atomic E-state index is -0.0598. The highest BCUT2D eigenvalue weighted by Crippen LogP contribution is 2.36. The van der Waals surface area contributed by atoms with Gasteiger partial charge in [0.15, 0.2) is 15.8 Å². The van der Waals surface area contributed by atoms with Gasteiger partial charge < -0.3 is 19.2 Å². The van der Waals surface area contributed by atoms with Crippen molar-refractivity contribution in [3.63, 3.8) is 0 Å². The van der Waals surface area contributed by atoms with Crippen LogP contribution in [0.2, 0.25) is 0 Å². The van der Waals surface area contributed by atoms with Crippen molar-refractivity contribution in [1.82, 2.24) is 20.4 Å². The van der Waals surface area contributed by atoms with Crippen LogP contribution in [0.1, 0.15) is 25.7 Å². The number of benzene rings is 1. The van der Waals surface area contributed by atoms with Crippen LogP contribution in [0, 0.1) is 0 Å². The molecular weight excluding hydrogens is 390 g/mol. The van der Waals surface area contributed by atoms with Crippen molar-refractivity contribution in [2.45, 2.75) is 29.9 Å². The second-order valence-electron chi connectivity index (χ2n) is 5.53. The molecule has 2 aromatic heterocycles. The third-order valence-corrected chi connectivity index (χ3v) is 5.49. The summed E-state index contributed by atoms with van der Waals surface area (Å²) in [6.45, 7) is 2.16. The largest absolute Gasteiger partial charge is 0.454 e. The van der Waals surface area contributed by atoms with E-state index < -0.39 is 0 Å². The standard InChI is InChI=1S/C16H15N5O4S2/c1-2-3-12(22)17-15-20-21-16(27-15)26-7-13-18-19-14(25-13)9-4-5-10-11(6-9)24-8-23-10/h4-6H,2-3,7-8H2,1H3,(H,17,20,22). The number of aromatic nitrogens is 4. The number of nitrogens with one attached hydrogen (secondary N) is 1. The fourth-order valence-electron chi connectivity index (χ4n) is 2.31. The molecule has 3 aromatic rings. The van der Waals surface area contributed by atoms with Crippen LogP contribution in [-0.2, 0) is 10.5 Å². The molecule has 0 saturated carbocycles. The topological polar surface area (TPSA) is 112 Å². The first-order chi connectivity index (χ1) is 13.2. The molecule has 27 heavy (non-hydrogen) atoms. The Hall–Kier alpha value is -2.66. The zero-order chi connectivity index (χ0) is 18.6. The van der Waals surface area contributed by atoms with Crippen molar-refractivity contribution in [2.24, 2.45) is 0 Å². The number of carbonyl (C=O) groups excluding carboxylic acids is 1. The van der Waals surface area contributed by atoms with E-state index in [0.29, 0.717) is 44.9 Å². The van der Waals surface area contributed by atoms with Crippen molar-refractivity contribution in [3.8, 4) is 23.0 Å². The van der Waals surface area contributed by atoms with Crippen LogP contribution < -0.4 is 14.8 Å². The zero-order valence-corrected chi connectivity index (χ0v) is 15.9. The van der Waals surface area contributed by atoms with Gasteiger partial charge in [-0.2, -0.15) is 0 Å². The molecule has 0 unspecified atom stereocenters. The second kappa shape index (κ2) is 7.92. The summed E-state index contributed by atoms with van der Waals surface area (Å²) >= 11 is 2.73. The van der Waals surface area contributed by atoms with E-state index in [2.05, 4.69) is 25.7 Å². The summed E-state index contributed by atoms with van der Waals surface area (Å²) in [4.78, 5) is 11.6. The number of ether oxygens (including phenoxy) is 2. The maximum atomic E-state index is 11.6. The molecule has 0 atom stereocenters. The molecule has 0 saturated heterocycles. The Morgan fingerprint density at radius 3 is 3.00 bits per heavy atom. The van der Waals surface area contributed by atoms with Crippen molar-refractivity contribution in [2.75, 3.05) is 12.1 Å². The van der Waals surface area contributed by atoms with Gasteiger partial charge in [-0.25, -0.2) is 0 Å². The lowest BCUT2D eigenvalue weighted by molar-refractivity contribution is -0.116. The molecule has 140 valence electrons. The third-order valence-electron chi connectivity index (χ3n) is 3.54. The molecule has 0 aliphatic carbocycles. The summed E-state index contributed by atoms with van der Waals surface area (Å²) in [5.74, 6) is 2.64. The molecule has 1 aliphatic rings. The lowest BCUT2D eigenvalue weighted by atomic mass is 10.2. The number of fused-ring (bicyclic) bond motifs is 1. The normalized spacial score (nSPS) is 12.3. The van der Waals surface area contributed by atoms with Gasteiger partial charge in [0.05, 0.1) is 5.75 Å². The Labute approximate surface area is 162 Å². The van der Waals surface area contributed by atoms with Crippen LogP contribution in [0.5, 0.6) is 11.5 Å². The lowest BCUT2D eigenvalue weighted by Crippen LogP contribution is -2.10. The van der Waals surface area contributed by atoms with E-state index in [9.17, 15) is 4.79 Å². The quantitative estimate of drug-likeness (QED) is 0.467. The van der Waals surface area contributed by atoms with Crippen LogP contribution in [-0.4, -0.2) is 33.1 Å². The van der Waals surface area contributed by atoms with Crippen LogP contribution in [0.3, 0.4) is 0 Å². The predicted octanol–water partition coefficient (Wildman–Crippen LogP) is 3.35. The van der Waals surface area contributed by atoms with Crippen LogP contribution >= 0.6 is 23.1 Å². The molecule has 1 aromatic carbocycles. The van der Waals surface area contributed by atoms with Gasteiger partial charge in [0.2, 0.25) is 29.6 Å². The van der Waals surface area contributed by atoms with E-state index in [0.717, 1.165) is 12.0 Å². The summed E-state index contributed by atoms with van der Waals surface area (Å²) in [6, 6.07) is 5.46. The van der Waals surface area contributed by atoms with E-state index in [-0.39, 0.29) is 12.7 Å². The molecule has 1 N–H and O–H groups in total. The Morgan fingerprint density at radius 1 is 1.22 bits per heavy atom. The van der Waals surface area contributed by atoms with Gasteiger partial charge in [-0.15, -0.1) is 20.4 Å². The summed E-state index contributed by atoms with van der Waals surface area (Å²) in [5.41, 5.74) is 0.764. The average molecular weight is 405 g/mol. The van der Waals surface area contributed by atoms with Gasteiger partial charge in [0.1, 0.15) is 0 Å². The highest BCUT2D eigenvalue weighted by Gasteiger charge is 2.17. The highest BCUT2D eigenvalue weighted by molar-refractivity contribution is 8.00. The summed E-state index contributed by atoms with van der Waals surface area (Å²) in [6.07, 6.45) is 1.25. The van der Waals surface area contributed by atoms with Crippen LogP contribution in [0.4, 0.5) is 5.13 Å². The average Bonchev–Trinajstić information content (AvgIpc) is 3.40. The Balaban J connectivity index is 1.36. The van der Waals surface area contributed by atoms with Crippen LogP contribution in [0.25, 0.3) is 11.5 Å². The summed E-state index contributed by atoms with van der Waals surface area (Å²) in [7, 11) is 0. The number of anilines is 1. The minimum absolute atomic E-state index is 0.0598. The number of hydrogen-bond donors (Lipinski definition) is 1. The highest BCUT2D eigenvalue weighted by atomic mass is 32.2. The Morgan fingerprint density at radius 2 is 2.11 bits per heavy atom. The van der Waals surface area contributed by atoms with E-state index in [1.807, 2.05) is 25.1 Å². The van der Waals surface area contributed by atoms with Gasteiger partial charge in [-0.05, 0) is 24.6 Å². The van der Waals surface area contributed by atoms with E-state index in [1.165, 1.54) is 23.1 Å². The molecule has 1 amide bonds. The second-order valence-corrected chi connectivity index (χ2v) is 7.73. The smallest absolute Gasteiger partial charge is 0.247 e. The fourth-order valence-corrected chi connectivity index (χ4v) is 3.91. The number of amides is 1. The molecule has 0 fully saturated rings. The third kappa shape index (κ3) is 4.19. The summed E-state index contributed by atoms with van der Waals surface area (Å²) < 4.78 is 17.1. The lowest BCUT2D eigenvalue weighted by Gasteiger charge is -1.98. The Kier molecular flexibility index (Phi) is 5.21. The molecule has 0 radical (unpaired) electrons. The molecule has 11 heteroatoms. The van der Waals surface area contributed by atoms with Gasteiger partial charge in [0, 0.05) is 12.0 Å². The first-order valence-electron chi connectivity index (χ1n) is 8.20. The fraction of sp³-hybridized carbons (Fsp3) is 0.312. The number of nitrogens with zero attached hydrogens (tertiary/aromatic N) is 4. The SMILES string of the molecule is CCCC(=O)Nc1nnc(SCc2nnc(-c3ccc4c(c3)OCO4)o2)s1. The van der Waals surface area contributed by atoms with Gasteiger partial charge in [-0.1, -0.05) is 30.0 Å². The first kappa shape index (κ1) is 17.7. The molecule has 3 heterocycles. The number of thioether (sulfide) groups is 1.